The molecule has 174 valence electrons. The molecule has 1 aromatic heterocycles. The summed E-state index contributed by atoms with van der Waals surface area (Å²) in [6.45, 7) is 13.5. The second-order valence-corrected chi connectivity index (χ2v) is 9.03. The number of allylic oxidation sites excluding steroid dienone is 1. The van der Waals surface area contributed by atoms with Gasteiger partial charge in [0.05, 0.1) is 6.61 Å². The Kier molecular flexibility index (Phi) is 6.71. The number of piperazine rings is 1. The summed E-state index contributed by atoms with van der Waals surface area (Å²) in [6.07, 6.45) is 1.74. The van der Waals surface area contributed by atoms with Crippen LogP contribution in [0.1, 0.15) is 36.3 Å². The Balaban J connectivity index is 1.56. The molecule has 1 aliphatic heterocycles. The van der Waals surface area contributed by atoms with E-state index in [1.807, 2.05) is 50.8 Å². The van der Waals surface area contributed by atoms with Gasteiger partial charge in [0.1, 0.15) is 17.1 Å². The zero-order chi connectivity index (χ0) is 23.7. The van der Waals surface area contributed by atoms with Crippen LogP contribution in [-0.4, -0.2) is 43.6 Å². The van der Waals surface area contributed by atoms with Crippen molar-refractivity contribution in [1.29, 1.82) is 0 Å². The molecule has 1 amide bonds. The summed E-state index contributed by atoms with van der Waals surface area (Å²) in [6, 6.07) is 9.95. The van der Waals surface area contributed by atoms with Gasteiger partial charge < -0.3 is 19.0 Å². The number of fused-ring (bicyclic) bond motifs is 1. The Bertz CT molecular complexity index is 1220. The molecule has 1 fully saturated rings. The minimum atomic E-state index is 0.0264. The van der Waals surface area contributed by atoms with Gasteiger partial charge in [-0.1, -0.05) is 17.7 Å². The second kappa shape index (κ2) is 9.52. The fourth-order valence-corrected chi connectivity index (χ4v) is 4.63. The molecule has 4 rings (SSSR count). The predicted molar refractivity (Wildman–Crippen MR) is 135 cm³/mol. The third-order valence-electron chi connectivity index (χ3n) is 6.46. The Morgan fingerprint density at radius 3 is 2.52 bits per heavy atom. The summed E-state index contributed by atoms with van der Waals surface area (Å²) in [4.78, 5) is 17.3. The summed E-state index contributed by atoms with van der Waals surface area (Å²) in [5, 5.41) is 1.80. The molecular weight excluding hydrogens is 436 g/mol. The van der Waals surface area contributed by atoms with Crippen molar-refractivity contribution in [3.05, 3.63) is 63.9 Å². The van der Waals surface area contributed by atoms with E-state index in [-0.39, 0.29) is 5.91 Å². The lowest BCUT2D eigenvalue weighted by molar-refractivity contribution is -0.126. The smallest absolute Gasteiger partial charge is 0.246 e. The summed E-state index contributed by atoms with van der Waals surface area (Å²) < 4.78 is 12.0. The third-order valence-corrected chi connectivity index (χ3v) is 6.70. The molecule has 0 N–H and O–H groups in total. The van der Waals surface area contributed by atoms with E-state index in [0.717, 1.165) is 68.5 Å². The van der Waals surface area contributed by atoms with Gasteiger partial charge in [-0.3, -0.25) is 4.79 Å². The first-order valence-corrected chi connectivity index (χ1v) is 11.8. The maximum absolute atomic E-state index is 13.1. The lowest BCUT2D eigenvalue weighted by atomic mass is 9.98. The zero-order valence-electron chi connectivity index (χ0n) is 20.0. The van der Waals surface area contributed by atoms with Crippen LogP contribution in [0.4, 0.5) is 5.69 Å². The van der Waals surface area contributed by atoms with E-state index in [2.05, 4.69) is 24.0 Å². The van der Waals surface area contributed by atoms with Crippen LogP contribution in [-0.2, 0) is 4.79 Å². The van der Waals surface area contributed by atoms with E-state index in [9.17, 15) is 4.79 Å². The second-order valence-electron chi connectivity index (χ2n) is 8.59. The van der Waals surface area contributed by atoms with Crippen LogP contribution >= 0.6 is 11.6 Å². The lowest BCUT2D eigenvalue weighted by Crippen LogP contribution is -2.48. The van der Waals surface area contributed by atoms with Crippen molar-refractivity contribution < 1.29 is 13.9 Å². The first kappa shape index (κ1) is 23.2. The topological polar surface area (TPSA) is 45.9 Å². The molecule has 0 bridgehead atoms. The standard InChI is InChI=1S/C27H31ClN2O3/c1-6-32-26-19(4)27-24(18(3)20(5)33-27)16-23(26)17(2)14-25(31)30-12-10-29(11-13-30)22-9-7-8-21(28)15-22/h7-9,14-16H,6,10-13H2,1-5H3/b17-14+. The number of ether oxygens (including phenoxy) is 1. The summed E-state index contributed by atoms with van der Waals surface area (Å²) in [5.41, 5.74) is 5.87. The largest absolute Gasteiger partial charge is 0.493 e. The Morgan fingerprint density at radius 1 is 1.12 bits per heavy atom. The summed E-state index contributed by atoms with van der Waals surface area (Å²) in [5.74, 6) is 1.72. The predicted octanol–water partition coefficient (Wildman–Crippen LogP) is 6.16. The molecule has 1 saturated heterocycles. The SMILES string of the molecule is CCOc1c(/C(C)=C/C(=O)N2CCN(c3cccc(Cl)c3)CC2)cc2c(C)c(C)oc2c1C. The maximum atomic E-state index is 13.1. The van der Waals surface area contributed by atoms with Gasteiger partial charge >= 0.3 is 0 Å². The van der Waals surface area contributed by atoms with Gasteiger partial charge in [0.2, 0.25) is 5.91 Å². The highest BCUT2D eigenvalue weighted by Gasteiger charge is 2.22. The van der Waals surface area contributed by atoms with Crippen LogP contribution in [0.25, 0.3) is 16.5 Å². The van der Waals surface area contributed by atoms with Crippen molar-refractivity contribution in [3.63, 3.8) is 0 Å². The molecule has 0 spiro atoms. The van der Waals surface area contributed by atoms with Crippen LogP contribution in [0.5, 0.6) is 5.75 Å². The number of anilines is 1. The molecule has 0 aliphatic carbocycles. The van der Waals surface area contributed by atoms with Gasteiger partial charge in [-0.2, -0.15) is 0 Å². The molecule has 2 heterocycles. The zero-order valence-corrected chi connectivity index (χ0v) is 20.8. The van der Waals surface area contributed by atoms with Gasteiger partial charge in [0.25, 0.3) is 0 Å². The molecule has 6 heteroatoms. The van der Waals surface area contributed by atoms with Gasteiger partial charge in [-0.05, 0) is 70.0 Å². The third kappa shape index (κ3) is 4.60. The number of rotatable bonds is 5. The molecule has 0 unspecified atom stereocenters. The number of hydrogen-bond donors (Lipinski definition) is 0. The minimum absolute atomic E-state index is 0.0264. The number of aryl methyl sites for hydroxylation is 3. The van der Waals surface area contributed by atoms with Crippen LogP contribution in [0.15, 0.2) is 40.8 Å². The quantitative estimate of drug-likeness (QED) is 0.422. The molecule has 3 aromatic rings. The molecule has 1 aliphatic rings. The van der Waals surface area contributed by atoms with Crippen LogP contribution in [0, 0.1) is 20.8 Å². The maximum Gasteiger partial charge on any atom is 0.246 e. The van der Waals surface area contributed by atoms with E-state index in [1.54, 1.807) is 6.08 Å². The fourth-order valence-electron chi connectivity index (χ4n) is 4.45. The molecule has 0 atom stereocenters. The number of benzene rings is 2. The van der Waals surface area contributed by atoms with Crippen molar-refractivity contribution in [2.75, 3.05) is 37.7 Å². The highest BCUT2D eigenvalue weighted by atomic mass is 35.5. The number of carbonyl (C=O) groups is 1. The highest BCUT2D eigenvalue weighted by molar-refractivity contribution is 6.30. The van der Waals surface area contributed by atoms with Gasteiger partial charge in [0.15, 0.2) is 0 Å². The van der Waals surface area contributed by atoms with Crippen molar-refractivity contribution in [2.45, 2.75) is 34.6 Å². The number of furan rings is 1. The van der Waals surface area contributed by atoms with Crippen LogP contribution < -0.4 is 9.64 Å². The van der Waals surface area contributed by atoms with Crippen molar-refractivity contribution in [3.8, 4) is 5.75 Å². The average molecular weight is 467 g/mol. The fraction of sp³-hybridized carbons (Fsp3) is 0.370. The van der Waals surface area contributed by atoms with E-state index in [1.165, 1.54) is 0 Å². The van der Waals surface area contributed by atoms with Crippen LogP contribution in [0.3, 0.4) is 0 Å². The van der Waals surface area contributed by atoms with Crippen molar-refractivity contribution in [1.82, 2.24) is 4.90 Å². The minimum Gasteiger partial charge on any atom is -0.493 e. The van der Waals surface area contributed by atoms with Crippen molar-refractivity contribution >= 4 is 39.7 Å². The first-order chi connectivity index (χ1) is 15.8. The number of carbonyl (C=O) groups excluding carboxylic acids is 1. The molecule has 0 saturated carbocycles. The molecular formula is C27H31ClN2O3. The monoisotopic (exact) mass is 466 g/mol. The molecule has 2 aromatic carbocycles. The Morgan fingerprint density at radius 2 is 1.85 bits per heavy atom. The van der Waals surface area contributed by atoms with Gasteiger partial charge in [-0.25, -0.2) is 0 Å². The number of amides is 1. The normalized spacial score (nSPS) is 14.8. The van der Waals surface area contributed by atoms with E-state index < -0.39 is 0 Å². The Hall–Kier alpha value is -2.92. The van der Waals surface area contributed by atoms with Gasteiger partial charge in [0, 0.05) is 59.5 Å². The summed E-state index contributed by atoms with van der Waals surface area (Å²) >= 11 is 6.14. The highest BCUT2D eigenvalue weighted by Crippen LogP contribution is 2.39. The molecule has 33 heavy (non-hydrogen) atoms. The molecule has 0 radical (unpaired) electrons. The number of halogens is 1. The first-order valence-electron chi connectivity index (χ1n) is 11.4. The molecule has 5 nitrogen and oxygen atoms in total. The number of hydrogen-bond acceptors (Lipinski definition) is 4. The average Bonchev–Trinajstić information content (AvgIpc) is 3.09. The van der Waals surface area contributed by atoms with E-state index >= 15 is 0 Å². The van der Waals surface area contributed by atoms with Gasteiger partial charge in [-0.15, -0.1) is 0 Å². The summed E-state index contributed by atoms with van der Waals surface area (Å²) in [7, 11) is 0. The van der Waals surface area contributed by atoms with Crippen LogP contribution in [0.2, 0.25) is 5.02 Å². The van der Waals surface area contributed by atoms with E-state index in [0.29, 0.717) is 19.7 Å². The lowest BCUT2D eigenvalue weighted by Gasteiger charge is -2.35. The van der Waals surface area contributed by atoms with E-state index in [4.69, 9.17) is 20.8 Å². The Labute approximate surface area is 200 Å². The number of nitrogens with zero attached hydrogens (tertiary/aromatic N) is 2. The van der Waals surface area contributed by atoms with Crippen molar-refractivity contribution in [2.24, 2.45) is 0 Å².